The molecule has 0 atom stereocenters. The fourth-order valence-corrected chi connectivity index (χ4v) is 1.74. The van der Waals surface area contributed by atoms with Crippen molar-refractivity contribution >= 4 is 5.91 Å². The summed E-state index contributed by atoms with van der Waals surface area (Å²) in [4.78, 5) is 11.5. The van der Waals surface area contributed by atoms with Gasteiger partial charge in [0.2, 0.25) is 5.91 Å². The van der Waals surface area contributed by atoms with Gasteiger partial charge in [0.15, 0.2) is 0 Å². The van der Waals surface area contributed by atoms with Crippen molar-refractivity contribution in [3.05, 3.63) is 29.3 Å². The number of hydrogen-bond acceptors (Lipinski definition) is 3. The molecule has 4 nitrogen and oxygen atoms in total. The molecule has 100 valence electrons. The van der Waals surface area contributed by atoms with Crippen molar-refractivity contribution in [1.29, 1.82) is 0 Å². The third-order valence-corrected chi connectivity index (χ3v) is 2.98. The van der Waals surface area contributed by atoms with E-state index in [-0.39, 0.29) is 5.91 Å². The number of carbonyl (C=O) groups is 1. The van der Waals surface area contributed by atoms with E-state index >= 15 is 0 Å². The van der Waals surface area contributed by atoms with Gasteiger partial charge in [-0.1, -0.05) is 26.0 Å². The van der Waals surface area contributed by atoms with E-state index in [1.807, 2.05) is 12.1 Å². The number of methoxy groups -OCH3 is 1. The van der Waals surface area contributed by atoms with Gasteiger partial charge in [-0.25, -0.2) is 5.84 Å². The van der Waals surface area contributed by atoms with E-state index in [2.05, 4.69) is 19.9 Å². The monoisotopic (exact) mass is 250 g/mol. The Labute approximate surface area is 109 Å². The molecule has 18 heavy (non-hydrogen) atoms. The number of amides is 1. The molecule has 4 heteroatoms. The van der Waals surface area contributed by atoms with Crippen LogP contribution in [0.4, 0.5) is 0 Å². The molecule has 0 bridgehead atoms. The SMILES string of the molecule is COc1cc(C(C)C)ccc1CCC(=O)N(C)N. The van der Waals surface area contributed by atoms with Crippen molar-refractivity contribution < 1.29 is 9.53 Å². The lowest BCUT2D eigenvalue weighted by atomic mass is 9.99. The highest BCUT2D eigenvalue weighted by Crippen LogP contribution is 2.25. The van der Waals surface area contributed by atoms with Gasteiger partial charge in [0.05, 0.1) is 7.11 Å². The van der Waals surface area contributed by atoms with Gasteiger partial charge in [-0.15, -0.1) is 0 Å². The van der Waals surface area contributed by atoms with Crippen molar-refractivity contribution in [2.24, 2.45) is 5.84 Å². The molecule has 2 N–H and O–H groups in total. The lowest BCUT2D eigenvalue weighted by Gasteiger charge is -2.14. The number of carbonyl (C=O) groups excluding carboxylic acids is 1. The number of hydrogen-bond donors (Lipinski definition) is 1. The number of nitrogens with two attached hydrogens (primary N) is 1. The van der Waals surface area contributed by atoms with Crippen molar-refractivity contribution in [3.8, 4) is 5.75 Å². The maximum Gasteiger partial charge on any atom is 0.236 e. The van der Waals surface area contributed by atoms with Gasteiger partial charge in [0.1, 0.15) is 5.75 Å². The Morgan fingerprint density at radius 1 is 1.44 bits per heavy atom. The summed E-state index contributed by atoms with van der Waals surface area (Å²) < 4.78 is 5.37. The number of nitrogens with zero attached hydrogens (tertiary/aromatic N) is 1. The minimum absolute atomic E-state index is 0.0787. The Kier molecular flexibility index (Phi) is 5.16. The van der Waals surface area contributed by atoms with Crippen LogP contribution in [0.1, 0.15) is 37.3 Å². The van der Waals surface area contributed by atoms with Crippen LogP contribution in [0.15, 0.2) is 18.2 Å². The van der Waals surface area contributed by atoms with Crippen LogP contribution < -0.4 is 10.6 Å². The van der Waals surface area contributed by atoms with Crippen LogP contribution in [0.25, 0.3) is 0 Å². The summed E-state index contributed by atoms with van der Waals surface area (Å²) in [5, 5.41) is 1.12. The number of ether oxygens (including phenoxy) is 1. The van der Waals surface area contributed by atoms with Crippen LogP contribution in [-0.4, -0.2) is 25.1 Å². The summed E-state index contributed by atoms with van der Waals surface area (Å²) in [7, 11) is 3.21. The van der Waals surface area contributed by atoms with Gasteiger partial charge >= 0.3 is 0 Å². The average Bonchev–Trinajstić information content (AvgIpc) is 2.35. The van der Waals surface area contributed by atoms with Gasteiger partial charge in [0, 0.05) is 13.5 Å². The molecule has 0 fully saturated rings. The molecular weight excluding hydrogens is 228 g/mol. The minimum Gasteiger partial charge on any atom is -0.496 e. The molecule has 1 aromatic carbocycles. The molecular formula is C14H22N2O2. The Balaban J connectivity index is 2.80. The van der Waals surface area contributed by atoms with Gasteiger partial charge < -0.3 is 4.74 Å². The summed E-state index contributed by atoms with van der Waals surface area (Å²) in [6.45, 7) is 4.28. The fourth-order valence-electron chi connectivity index (χ4n) is 1.74. The first kappa shape index (κ1) is 14.5. The van der Waals surface area contributed by atoms with Crippen LogP contribution >= 0.6 is 0 Å². The first-order valence-electron chi connectivity index (χ1n) is 6.13. The van der Waals surface area contributed by atoms with Crippen LogP contribution in [0.5, 0.6) is 5.75 Å². The van der Waals surface area contributed by atoms with Gasteiger partial charge in [0.25, 0.3) is 0 Å². The molecule has 0 spiro atoms. The quantitative estimate of drug-likeness (QED) is 0.494. The Bertz CT molecular complexity index is 414. The maximum atomic E-state index is 11.5. The van der Waals surface area contributed by atoms with Crippen LogP contribution in [0, 0.1) is 0 Å². The molecule has 0 saturated carbocycles. The van der Waals surface area contributed by atoms with E-state index < -0.39 is 0 Å². The molecule has 0 aromatic heterocycles. The summed E-state index contributed by atoms with van der Waals surface area (Å²) in [5.41, 5.74) is 2.27. The third-order valence-electron chi connectivity index (χ3n) is 2.98. The summed E-state index contributed by atoms with van der Waals surface area (Å²) in [6, 6.07) is 6.15. The van der Waals surface area contributed by atoms with E-state index in [1.54, 1.807) is 14.2 Å². The van der Waals surface area contributed by atoms with Gasteiger partial charge in [-0.2, -0.15) is 0 Å². The fraction of sp³-hybridized carbons (Fsp3) is 0.500. The molecule has 1 aromatic rings. The highest BCUT2D eigenvalue weighted by Gasteiger charge is 2.10. The molecule has 0 unspecified atom stereocenters. The first-order chi connectivity index (χ1) is 8.45. The summed E-state index contributed by atoms with van der Waals surface area (Å²) in [5.74, 6) is 6.61. The summed E-state index contributed by atoms with van der Waals surface area (Å²) in [6.07, 6.45) is 1.03. The van der Waals surface area contributed by atoms with Crippen molar-refractivity contribution in [2.75, 3.05) is 14.2 Å². The molecule has 0 aliphatic carbocycles. The number of hydrazine groups is 1. The van der Waals surface area contributed by atoms with Crippen LogP contribution in [0.2, 0.25) is 0 Å². The molecule has 1 rings (SSSR count). The molecule has 1 amide bonds. The van der Waals surface area contributed by atoms with E-state index in [9.17, 15) is 4.79 Å². The van der Waals surface area contributed by atoms with Gasteiger partial charge in [-0.05, 0) is 29.5 Å². The average molecular weight is 250 g/mol. The number of benzene rings is 1. The molecule has 0 saturated heterocycles. The number of rotatable bonds is 5. The molecule has 0 radical (unpaired) electrons. The predicted molar refractivity (Wildman–Crippen MR) is 72.4 cm³/mol. The maximum absolute atomic E-state index is 11.5. The van der Waals surface area contributed by atoms with E-state index in [0.717, 1.165) is 16.3 Å². The second kappa shape index (κ2) is 6.40. The molecule has 0 aliphatic rings. The van der Waals surface area contributed by atoms with E-state index in [1.165, 1.54) is 5.56 Å². The third kappa shape index (κ3) is 3.74. The Morgan fingerprint density at radius 3 is 2.61 bits per heavy atom. The Hall–Kier alpha value is -1.55. The predicted octanol–water partition coefficient (Wildman–Crippen LogP) is 2.08. The zero-order chi connectivity index (χ0) is 13.7. The van der Waals surface area contributed by atoms with Crippen molar-refractivity contribution in [1.82, 2.24) is 5.01 Å². The van der Waals surface area contributed by atoms with Crippen molar-refractivity contribution in [3.63, 3.8) is 0 Å². The Morgan fingerprint density at radius 2 is 2.11 bits per heavy atom. The zero-order valence-corrected chi connectivity index (χ0v) is 11.6. The summed E-state index contributed by atoms with van der Waals surface area (Å²) >= 11 is 0. The topological polar surface area (TPSA) is 55.6 Å². The van der Waals surface area contributed by atoms with E-state index in [0.29, 0.717) is 18.8 Å². The first-order valence-corrected chi connectivity index (χ1v) is 6.13. The van der Waals surface area contributed by atoms with Gasteiger partial charge in [-0.3, -0.25) is 9.80 Å². The largest absolute Gasteiger partial charge is 0.496 e. The second-order valence-corrected chi connectivity index (χ2v) is 4.73. The lowest BCUT2D eigenvalue weighted by Crippen LogP contribution is -2.33. The zero-order valence-electron chi connectivity index (χ0n) is 11.6. The lowest BCUT2D eigenvalue weighted by molar-refractivity contribution is -0.130. The van der Waals surface area contributed by atoms with Crippen molar-refractivity contribution in [2.45, 2.75) is 32.6 Å². The highest BCUT2D eigenvalue weighted by molar-refractivity contribution is 5.75. The minimum atomic E-state index is -0.0787. The highest BCUT2D eigenvalue weighted by atomic mass is 16.5. The standard InChI is InChI=1S/C14H22N2O2/c1-10(2)12-6-5-11(13(9-12)18-4)7-8-14(17)16(3)15/h5-6,9-10H,7-8,15H2,1-4H3. The van der Waals surface area contributed by atoms with E-state index in [4.69, 9.17) is 10.6 Å². The molecule has 0 heterocycles. The smallest absolute Gasteiger partial charge is 0.236 e. The number of aryl methyl sites for hydroxylation is 1. The normalized spacial score (nSPS) is 10.6. The van der Waals surface area contributed by atoms with Crippen LogP contribution in [0.3, 0.4) is 0 Å². The molecule has 0 aliphatic heterocycles. The second-order valence-electron chi connectivity index (χ2n) is 4.73. The van der Waals surface area contributed by atoms with Crippen LogP contribution in [-0.2, 0) is 11.2 Å².